The summed E-state index contributed by atoms with van der Waals surface area (Å²) >= 11 is 0. The maximum absolute atomic E-state index is 11.5. The fourth-order valence-electron chi connectivity index (χ4n) is 1.74. The van der Waals surface area contributed by atoms with Crippen molar-refractivity contribution in [2.75, 3.05) is 13.6 Å². The molecule has 0 saturated carbocycles. The molecule has 0 bridgehead atoms. The van der Waals surface area contributed by atoms with Crippen molar-refractivity contribution in [3.63, 3.8) is 0 Å². The molecule has 1 heterocycles. The Morgan fingerprint density at radius 3 is 2.50 bits per heavy atom. The van der Waals surface area contributed by atoms with Gasteiger partial charge in [-0.15, -0.1) is 0 Å². The van der Waals surface area contributed by atoms with E-state index in [4.69, 9.17) is 5.11 Å². The van der Waals surface area contributed by atoms with Crippen LogP contribution in [-0.2, 0) is 14.4 Å². The molecule has 1 rings (SSSR count). The van der Waals surface area contributed by atoms with Crippen LogP contribution in [0.2, 0.25) is 0 Å². The van der Waals surface area contributed by atoms with Crippen LogP contribution >= 0.6 is 0 Å². The Labute approximate surface area is 114 Å². The van der Waals surface area contributed by atoms with Crippen LogP contribution in [0.1, 0.15) is 19.8 Å². The smallest absolute Gasteiger partial charge is 0.315 e. The van der Waals surface area contributed by atoms with Crippen molar-refractivity contribution < 1.29 is 29.4 Å². The first-order chi connectivity index (χ1) is 9.12. The van der Waals surface area contributed by atoms with E-state index in [0.29, 0.717) is 0 Å². The summed E-state index contributed by atoms with van der Waals surface area (Å²) in [6.45, 7) is 0.968. The topological polar surface area (TPSA) is 136 Å². The number of rotatable bonds is 5. The number of aliphatic hydroxyl groups is 1. The van der Waals surface area contributed by atoms with Crippen LogP contribution in [0.5, 0.6) is 0 Å². The Kier molecular flexibility index (Phi) is 4.66. The van der Waals surface area contributed by atoms with E-state index in [-0.39, 0.29) is 13.0 Å². The van der Waals surface area contributed by atoms with Gasteiger partial charge in [-0.25, -0.2) is 4.79 Å². The minimum atomic E-state index is -1.60. The first-order valence-corrected chi connectivity index (χ1v) is 5.91. The second-order valence-electron chi connectivity index (χ2n) is 4.94. The van der Waals surface area contributed by atoms with E-state index in [2.05, 4.69) is 10.6 Å². The van der Waals surface area contributed by atoms with Crippen LogP contribution in [0.3, 0.4) is 0 Å². The van der Waals surface area contributed by atoms with Gasteiger partial charge < -0.3 is 20.8 Å². The molecule has 2 unspecified atom stereocenters. The van der Waals surface area contributed by atoms with Gasteiger partial charge in [0.1, 0.15) is 6.04 Å². The van der Waals surface area contributed by atoms with E-state index < -0.39 is 41.9 Å². The largest absolute Gasteiger partial charge is 0.481 e. The highest BCUT2D eigenvalue weighted by molar-refractivity contribution is 6.06. The van der Waals surface area contributed by atoms with Gasteiger partial charge in [0.15, 0.2) is 0 Å². The van der Waals surface area contributed by atoms with Gasteiger partial charge in [-0.2, -0.15) is 0 Å². The molecular weight excluding hydrogens is 270 g/mol. The van der Waals surface area contributed by atoms with Gasteiger partial charge in [-0.3, -0.25) is 19.3 Å². The molecule has 0 aliphatic carbocycles. The number of amides is 4. The van der Waals surface area contributed by atoms with Gasteiger partial charge in [0.05, 0.1) is 18.4 Å². The van der Waals surface area contributed by atoms with Gasteiger partial charge >= 0.3 is 12.0 Å². The number of likely N-dealkylation sites (N-methyl/N-ethyl adjacent to an activating group) is 1. The second-order valence-corrected chi connectivity index (χ2v) is 4.94. The third kappa shape index (κ3) is 4.19. The van der Waals surface area contributed by atoms with Crippen molar-refractivity contribution in [2.24, 2.45) is 0 Å². The van der Waals surface area contributed by atoms with Gasteiger partial charge in [0, 0.05) is 13.6 Å². The maximum atomic E-state index is 11.5. The molecule has 1 aliphatic rings. The predicted octanol–water partition coefficient (Wildman–Crippen LogP) is -1.73. The van der Waals surface area contributed by atoms with Crippen LogP contribution in [0.15, 0.2) is 0 Å². The Morgan fingerprint density at radius 1 is 1.45 bits per heavy atom. The lowest BCUT2D eigenvalue weighted by molar-refractivity contribution is -0.142. The van der Waals surface area contributed by atoms with Gasteiger partial charge in [-0.1, -0.05) is 0 Å². The number of nitrogens with zero attached hydrogens (tertiary/aromatic N) is 1. The van der Waals surface area contributed by atoms with Crippen molar-refractivity contribution in [3.8, 4) is 0 Å². The number of aliphatic carboxylic acids is 1. The second kappa shape index (κ2) is 5.87. The van der Waals surface area contributed by atoms with Crippen molar-refractivity contribution in [3.05, 3.63) is 0 Å². The molecule has 4 amide bonds. The number of hydrogen-bond donors (Lipinski definition) is 4. The van der Waals surface area contributed by atoms with E-state index in [1.165, 1.54) is 14.0 Å². The van der Waals surface area contributed by atoms with E-state index in [1.807, 2.05) is 0 Å². The number of carboxylic acid groups (broad SMARTS) is 1. The standard InChI is InChI=1S/C11H17N3O6/c1-11(20,4-8(16)17)5-12-10(19)13-6-3-7(15)14(2)9(6)18/h6,20H,3-5H2,1-2H3,(H,16,17)(H2,12,13,19). The summed E-state index contributed by atoms with van der Waals surface area (Å²) < 4.78 is 0. The quantitative estimate of drug-likeness (QED) is 0.443. The molecule has 20 heavy (non-hydrogen) atoms. The molecule has 4 N–H and O–H groups in total. The number of hydrogen-bond acceptors (Lipinski definition) is 5. The Balaban J connectivity index is 2.43. The number of carbonyl (C=O) groups is 4. The number of carbonyl (C=O) groups excluding carboxylic acids is 3. The van der Waals surface area contributed by atoms with Crippen molar-refractivity contribution in [1.82, 2.24) is 15.5 Å². The lowest BCUT2D eigenvalue weighted by Gasteiger charge is -2.22. The molecule has 0 radical (unpaired) electrons. The van der Waals surface area contributed by atoms with E-state index in [1.54, 1.807) is 0 Å². The van der Waals surface area contributed by atoms with Crippen molar-refractivity contribution in [2.45, 2.75) is 31.4 Å². The van der Waals surface area contributed by atoms with E-state index in [9.17, 15) is 24.3 Å². The van der Waals surface area contributed by atoms with Crippen LogP contribution in [-0.4, -0.2) is 64.2 Å². The molecule has 1 fully saturated rings. The summed E-state index contributed by atoms with van der Waals surface area (Å²) in [6.07, 6.45) is -0.648. The zero-order chi connectivity index (χ0) is 15.5. The first kappa shape index (κ1) is 15.9. The van der Waals surface area contributed by atoms with Crippen LogP contribution in [0.25, 0.3) is 0 Å². The number of nitrogens with one attached hydrogen (secondary N) is 2. The lowest BCUT2D eigenvalue weighted by atomic mass is 10.0. The predicted molar refractivity (Wildman–Crippen MR) is 65.6 cm³/mol. The summed E-state index contributed by atoms with van der Waals surface area (Å²) in [6, 6.07) is -1.69. The summed E-state index contributed by atoms with van der Waals surface area (Å²) in [5.41, 5.74) is -1.60. The monoisotopic (exact) mass is 287 g/mol. The molecule has 9 heteroatoms. The summed E-state index contributed by atoms with van der Waals surface area (Å²) in [5, 5.41) is 22.8. The highest BCUT2D eigenvalue weighted by Crippen LogP contribution is 2.10. The molecular formula is C11H17N3O6. The Hall–Kier alpha value is -2.16. The average molecular weight is 287 g/mol. The maximum Gasteiger partial charge on any atom is 0.315 e. The highest BCUT2D eigenvalue weighted by Gasteiger charge is 2.37. The summed E-state index contributed by atoms with van der Waals surface area (Å²) in [7, 11) is 1.32. The molecule has 9 nitrogen and oxygen atoms in total. The number of imide groups is 1. The third-order valence-electron chi connectivity index (χ3n) is 2.85. The molecule has 112 valence electrons. The summed E-state index contributed by atoms with van der Waals surface area (Å²) in [4.78, 5) is 45.7. The van der Waals surface area contributed by atoms with Crippen LogP contribution in [0, 0.1) is 0 Å². The van der Waals surface area contributed by atoms with Crippen molar-refractivity contribution in [1.29, 1.82) is 0 Å². The van der Waals surface area contributed by atoms with Gasteiger partial charge in [0.25, 0.3) is 5.91 Å². The number of carboxylic acids is 1. The lowest BCUT2D eigenvalue weighted by Crippen LogP contribution is -2.50. The van der Waals surface area contributed by atoms with E-state index >= 15 is 0 Å². The molecule has 1 aliphatic heterocycles. The fraction of sp³-hybridized carbons (Fsp3) is 0.636. The normalized spacial score (nSPS) is 21.6. The van der Waals surface area contributed by atoms with Gasteiger partial charge in [0.2, 0.25) is 5.91 Å². The molecule has 0 aromatic carbocycles. The fourth-order valence-corrected chi connectivity index (χ4v) is 1.74. The molecule has 2 atom stereocenters. The molecule has 0 aromatic rings. The SMILES string of the molecule is CN1C(=O)CC(NC(=O)NCC(C)(O)CC(=O)O)C1=O. The number of likely N-dealkylation sites (tertiary alicyclic amines) is 1. The zero-order valence-electron chi connectivity index (χ0n) is 11.2. The minimum absolute atomic E-state index is 0.117. The average Bonchev–Trinajstić information content (AvgIpc) is 2.53. The zero-order valence-corrected chi connectivity index (χ0v) is 11.2. The van der Waals surface area contributed by atoms with E-state index in [0.717, 1.165) is 4.90 Å². The first-order valence-electron chi connectivity index (χ1n) is 5.91. The highest BCUT2D eigenvalue weighted by atomic mass is 16.4. The Bertz CT molecular complexity index is 447. The van der Waals surface area contributed by atoms with Crippen LogP contribution < -0.4 is 10.6 Å². The third-order valence-corrected chi connectivity index (χ3v) is 2.85. The minimum Gasteiger partial charge on any atom is -0.481 e. The van der Waals surface area contributed by atoms with Crippen LogP contribution in [0.4, 0.5) is 4.79 Å². The molecule has 1 saturated heterocycles. The van der Waals surface area contributed by atoms with Crippen molar-refractivity contribution >= 4 is 23.8 Å². The molecule has 0 spiro atoms. The summed E-state index contributed by atoms with van der Waals surface area (Å²) in [5.74, 6) is -2.10. The van der Waals surface area contributed by atoms with Gasteiger partial charge in [-0.05, 0) is 6.92 Å². The number of urea groups is 1. The molecule has 0 aromatic heterocycles. The Morgan fingerprint density at radius 2 is 2.05 bits per heavy atom.